The zero-order chi connectivity index (χ0) is 15.8. The molecule has 22 heavy (non-hydrogen) atoms. The largest absolute Gasteiger partial charge is 0.384 e. The van der Waals surface area contributed by atoms with Crippen LogP contribution in [-0.2, 0) is 16.8 Å². The van der Waals surface area contributed by atoms with E-state index in [2.05, 4.69) is 17.4 Å². The summed E-state index contributed by atoms with van der Waals surface area (Å²) in [5, 5.41) is 13.2. The van der Waals surface area contributed by atoms with E-state index in [0.717, 1.165) is 18.4 Å². The van der Waals surface area contributed by atoms with Crippen LogP contribution in [0.2, 0.25) is 0 Å². The molecule has 0 fully saturated rings. The average Bonchev–Trinajstić information content (AvgIpc) is 2.55. The van der Waals surface area contributed by atoms with Crippen LogP contribution in [0.25, 0.3) is 0 Å². The number of hydrogen-bond acceptors (Lipinski definition) is 2. The quantitative estimate of drug-likeness (QED) is 0.825. The maximum atomic E-state index is 11.9. The van der Waals surface area contributed by atoms with Gasteiger partial charge in [0.25, 0.3) is 0 Å². The zero-order valence-corrected chi connectivity index (χ0v) is 13.0. The number of amides is 1. The maximum absolute atomic E-state index is 11.9. The molecule has 0 aliphatic rings. The van der Waals surface area contributed by atoms with Gasteiger partial charge >= 0.3 is 0 Å². The van der Waals surface area contributed by atoms with Gasteiger partial charge in [0.05, 0.1) is 6.54 Å². The summed E-state index contributed by atoms with van der Waals surface area (Å²) in [5.41, 5.74) is 1.00. The first-order valence-electron chi connectivity index (χ1n) is 7.66. The van der Waals surface area contributed by atoms with Gasteiger partial charge in [-0.1, -0.05) is 60.7 Å². The Kier molecular flexibility index (Phi) is 5.73. The molecule has 116 valence electrons. The molecule has 1 amide bonds. The van der Waals surface area contributed by atoms with Gasteiger partial charge in [-0.3, -0.25) is 4.79 Å². The van der Waals surface area contributed by atoms with E-state index < -0.39 is 5.60 Å². The normalized spacial score (nSPS) is 13.4. The lowest BCUT2D eigenvalue weighted by atomic mass is 9.96. The lowest BCUT2D eigenvalue weighted by molar-refractivity contribution is -0.122. The minimum absolute atomic E-state index is 0.0212. The van der Waals surface area contributed by atoms with Crippen LogP contribution in [0, 0.1) is 0 Å². The highest BCUT2D eigenvalue weighted by molar-refractivity contribution is 5.75. The summed E-state index contributed by atoms with van der Waals surface area (Å²) >= 11 is 0. The van der Waals surface area contributed by atoms with Gasteiger partial charge in [0.1, 0.15) is 5.60 Å². The SMILES string of the molecule is CC(O)(CNC(=O)CCCc1ccccc1)c1ccccc1. The van der Waals surface area contributed by atoms with Gasteiger partial charge in [-0.2, -0.15) is 0 Å². The van der Waals surface area contributed by atoms with Crippen LogP contribution < -0.4 is 5.32 Å². The van der Waals surface area contributed by atoms with Crippen LogP contribution in [0.3, 0.4) is 0 Å². The fourth-order valence-corrected chi connectivity index (χ4v) is 2.36. The first-order chi connectivity index (χ1) is 10.6. The molecule has 0 saturated heterocycles. The summed E-state index contributed by atoms with van der Waals surface area (Å²) in [4.78, 5) is 11.9. The molecular formula is C19H23NO2. The molecular weight excluding hydrogens is 274 g/mol. The Morgan fingerprint density at radius 3 is 2.27 bits per heavy atom. The van der Waals surface area contributed by atoms with E-state index in [-0.39, 0.29) is 12.5 Å². The van der Waals surface area contributed by atoms with Gasteiger partial charge in [-0.05, 0) is 30.9 Å². The molecule has 1 atom stereocenters. The molecule has 2 rings (SSSR count). The molecule has 0 aliphatic carbocycles. The molecule has 0 heterocycles. The van der Waals surface area contributed by atoms with E-state index in [1.807, 2.05) is 48.5 Å². The van der Waals surface area contributed by atoms with Gasteiger partial charge in [0, 0.05) is 6.42 Å². The first-order valence-corrected chi connectivity index (χ1v) is 7.66. The van der Waals surface area contributed by atoms with Gasteiger partial charge in [-0.15, -0.1) is 0 Å². The minimum atomic E-state index is -1.05. The number of carbonyl (C=O) groups excluding carboxylic acids is 1. The van der Waals surface area contributed by atoms with Crippen LogP contribution in [-0.4, -0.2) is 17.6 Å². The third-order valence-electron chi connectivity index (χ3n) is 3.74. The molecule has 1 unspecified atom stereocenters. The lowest BCUT2D eigenvalue weighted by Gasteiger charge is -2.24. The van der Waals surface area contributed by atoms with Crippen molar-refractivity contribution < 1.29 is 9.90 Å². The molecule has 0 radical (unpaired) electrons. The van der Waals surface area contributed by atoms with Crippen LogP contribution in [0.5, 0.6) is 0 Å². The van der Waals surface area contributed by atoms with Gasteiger partial charge < -0.3 is 10.4 Å². The molecule has 0 saturated carbocycles. The molecule has 2 N–H and O–H groups in total. The van der Waals surface area contributed by atoms with Gasteiger partial charge in [0.2, 0.25) is 5.91 Å². The monoisotopic (exact) mass is 297 g/mol. The zero-order valence-electron chi connectivity index (χ0n) is 13.0. The first kappa shape index (κ1) is 16.2. The number of benzene rings is 2. The Hall–Kier alpha value is -2.13. The van der Waals surface area contributed by atoms with Crippen molar-refractivity contribution in [2.75, 3.05) is 6.54 Å². The Labute approximate surface area is 132 Å². The van der Waals surface area contributed by atoms with Crippen molar-refractivity contribution in [3.05, 3.63) is 71.8 Å². The molecule has 0 aromatic heterocycles. The summed E-state index contributed by atoms with van der Waals surface area (Å²) < 4.78 is 0. The van der Waals surface area contributed by atoms with E-state index in [1.165, 1.54) is 5.56 Å². The van der Waals surface area contributed by atoms with Crippen molar-refractivity contribution in [1.82, 2.24) is 5.32 Å². The Bertz CT molecular complexity index is 579. The standard InChI is InChI=1S/C19H23NO2/c1-19(22,17-12-6-3-7-13-17)15-20-18(21)14-8-11-16-9-4-2-5-10-16/h2-7,9-10,12-13,22H,8,11,14-15H2,1H3,(H,20,21). The molecule has 0 bridgehead atoms. The smallest absolute Gasteiger partial charge is 0.220 e. The third-order valence-corrected chi connectivity index (χ3v) is 3.74. The number of rotatable bonds is 7. The summed E-state index contributed by atoms with van der Waals surface area (Å²) in [6.45, 7) is 1.94. The van der Waals surface area contributed by atoms with Crippen molar-refractivity contribution in [2.45, 2.75) is 31.8 Å². The molecule has 3 heteroatoms. The average molecular weight is 297 g/mol. The molecule has 2 aromatic carbocycles. The fraction of sp³-hybridized carbons (Fsp3) is 0.316. The highest BCUT2D eigenvalue weighted by Gasteiger charge is 2.23. The number of hydrogen-bond donors (Lipinski definition) is 2. The van der Waals surface area contributed by atoms with Gasteiger partial charge in [-0.25, -0.2) is 0 Å². The van der Waals surface area contributed by atoms with Crippen molar-refractivity contribution in [2.24, 2.45) is 0 Å². The van der Waals surface area contributed by atoms with Crippen molar-refractivity contribution >= 4 is 5.91 Å². The Balaban J connectivity index is 1.73. The fourth-order valence-electron chi connectivity index (χ4n) is 2.36. The van der Waals surface area contributed by atoms with E-state index in [4.69, 9.17) is 0 Å². The molecule has 3 nitrogen and oxygen atoms in total. The topological polar surface area (TPSA) is 49.3 Å². The van der Waals surface area contributed by atoms with E-state index in [9.17, 15) is 9.90 Å². The summed E-state index contributed by atoms with van der Waals surface area (Å²) in [6, 6.07) is 19.5. The number of carbonyl (C=O) groups is 1. The molecule has 0 aliphatic heterocycles. The Morgan fingerprint density at radius 2 is 1.64 bits per heavy atom. The maximum Gasteiger partial charge on any atom is 0.220 e. The van der Waals surface area contributed by atoms with Crippen molar-refractivity contribution in [3.8, 4) is 0 Å². The molecule has 0 spiro atoms. The highest BCUT2D eigenvalue weighted by Crippen LogP contribution is 2.18. The number of aliphatic hydroxyl groups is 1. The van der Waals surface area contributed by atoms with Crippen LogP contribution >= 0.6 is 0 Å². The summed E-state index contributed by atoms with van der Waals surface area (Å²) in [7, 11) is 0. The van der Waals surface area contributed by atoms with Crippen molar-refractivity contribution in [3.63, 3.8) is 0 Å². The van der Waals surface area contributed by atoms with E-state index in [1.54, 1.807) is 6.92 Å². The van der Waals surface area contributed by atoms with E-state index >= 15 is 0 Å². The molecule has 2 aromatic rings. The van der Waals surface area contributed by atoms with E-state index in [0.29, 0.717) is 6.42 Å². The van der Waals surface area contributed by atoms with Crippen LogP contribution in [0.15, 0.2) is 60.7 Å². The van der Waals surface area contributed by atoms with Crippen molar-refractivity contribution in [1.29, 1.82) is 0 Å². The number of aryl methyl sites for hydroxylation is 1. The predicted molar refractivity (Wildman–Crippen MR) is 88.4 cm³/mol. The third kappa shape index (κ3) is 5.01. The minimum Gasteiger partial charge on any atom is -0.384 e. The lowest BCUT2D eigenvalue weighted by Crippen LogP contribution is -2.38. The number of nitrogens with one attached hydrogen (secondary N) is 1. The second-order valence-corrected chi connectivity index (χ2v) is 5.76. The van der Waals surface area contributed by atoms with Gasteiger partial charge in [0.15, 0.2) is 0 Å². The highest BCUT2D eigenvalue weighted by atomic mass is 16.3. The van der Waals surface area contributed by atoms with Crippen LogP contribution in [0.4, 0.5) is 0 Å². The Morgan fingerprint density at radius 1 is 1.05 bits per heavy atom. The second kappa shape index (κ2) is 7.76. The van der Waals surface area contributed by atoms with Crippen LogP contribution in [0.1, 0.15) is 30.9 Å². The summed E-state index contributed by atoms with van der Waals surface area (Å²) in [6.07, 6.45) is 2.17. The predicted octanol–water partition coefficient (Wildman–Crippen LogP) is 3.03. The second-order valence-electron chi connectivity index (χ2n) is 5.76. The summed E-state index contributed by atoms with van der Waals surface area (Å²) in [5.74, 6) is -0.0212.